The molecule has 1 fully saturated rings. The van der Waals surface area contributed by atoms with Gasteiger partial charge in [0.25, 0.3) is 5.91 Å². The third-order valence-corrected chi connectivity index (χ3v) is 4.91. The Kier molecular flexibility index (Phi) is 5.41. The minimum Gasteiger partial charge on any atom is -0.289 e. The van der Waals surface area contributed by atoms with Gasteiger partial charge in [-0.2, -0.15) is 0 Å². The van der Waals surface area contributed by atoms with E-state index >= 15 is 0 Å². The maximum atomic E-state index is 12.5. The predicted octanol–water partition coefficient (Wildman–Crippen LogP) is 3.49. The van der Waals surface area contributed by atoms with Gasteiger partial charge >= 0.3 is 0 Å². The summed E-state index contributed by atoms with van der Waals surface area (Å²) in [6, 6.07) is 4.01. The molecule has 1 amide bonds. The van der Waals surface area contributed by atoms with E-state index in [4.69, 9.17) is 0 Å². The van der Waals surface area contributed by atoms with Crippen molar-refractivity contribution < 1.29 is 4.79 Å². The van der Waals surface area contributed by atoms with E-state index in [1.165, 1.54) is 23.3 Å². The number of amides is 1. The van der Waals surface area contributed by atoms with Gasteiger partial charge in [0.05, 0.1) is 0 Å². The van der Waals surface area contributed by atoms with Gasteiger partial charge in [-0.25, -0.2) is 4.68 Å². The number of anilines is 1. The summed E-state index contributed by atoms with van der Waals surface area (Å²) >= 11 is 1.71. The summed E-state index contributed by atoms with van der Waals surface area (Å²) in [5, 5.41) is 14.0. The summed E-state index contributed by atoms with van der Waals surface area (Å²) in [5.41, 5.74) is 3.09. The predicted molar refractivity (Wildman–Crippen MR) is 93.1 cm³/mol. The molecule has 23 heavy (non-hydrogen) atoms. The molecule has 124 valence electrons. The van der Waals surface area contributed by atoms with Crippen LogP contribution in [0.25, 0.3) is 0 Å². The fourth-order valence-electron chi connectivity index (χ4n) is 2.62. The highest BCUT2D eigenvalue weighted by molar-refractivity contribution is 7.98. The van der Waals surface area contributed by atoms with Crippen molar-refractivity contribution in [1.29, 1.82) is 0 Å². The van der Waals surface area contributed by atoms with Crippen LogP contribution >= 0.6 is 11.8 Å². The Morgan fingerprint density at radius 2 is 2.17 bits per heavy atom. The van der Waals surface area contributed by atoms with Crippen molar-refractivity contribution in [3.8, 4) is 0 Å². The van der Waals surface area contributed by atoms with Crippen molar-refractivity contribution in [3.63, 3.8) is 0 Å². The van der Waals surface area contributed by atoms with E-state index in [1.54, 1.807) is 16.4 Å². The molecule has 1 aromatic carbocycles. The average Bonchev–Trinajstić information content (AvgIpc) is 3.26. The van der Waals surface area contributed by atoms with Gasteiger partial charge in [0.2, 0.25) is 5.95 Å². The molecule has 1 N–H and O–H groups in total. The van der Waals surface area contributed by atoms with Crippen LogP contribution in [0.2, 0.25) is 0 Å². The maximum absolute atomic E-state index is 12.5. The van der Waals surface area contributed by atoms with Crippen LogP contribution in [0.4, 0.5) is 5.95 Å². The van der Waals surface area contributed by atoms with E-state index < -0.39 is 0 Å². The smallest absolute Gasteiger partial charge is 0.258 e. The van der Waals surface area contributed by atoms with Gasteiger partial charge in [-0.05, 0) is 66.5 Å². The van der Waals surface area contributed by atoms with E-state index in [0.29, 0.717) is 24.0 Å². The zero-order chi connectivity index (χ0) is 15.7. The zero-order valence-corrected chi connectivity index (χ0v) is 13.8. The number of carbonyl (C=O) groups excluding carboxylic acids is 1. The summed E-state index contributed by atoms with van der Waals surface area (Å²) in [5.74, 6) is 0.883. The third-order valence-electron chi connectivity index (χ3n) is 3.96. The first-order chi connectivity index (χ1) is 10.7. The first-order valence-electron chi connectivity index (χ1n) is 7.40. The van der Waals surface area contributed by atoms with E-state index in [1.807, 2.05) is 19.9 Å². The second-order valence-corrected chi connectivity index (χ2v) is 6.22. The van der Waals surface area contributed by atoms with Gasteiger partial charge < -0.3 is 0 Å². The largest absolute Gasteiger partial charge is 0.289 e. The maximum Gasteiger partial charge on any atom is 0.258 e. The first kappa shape index (κ1) is 17.5. The Morgan fingerprint density at radius 1 is 1.43 bits per heavy atom. The van der Waals surface area contributed by atoms with Crippen molar-refractivity contribution in [3.05, 3.63) is 28.8 Å². The fraction of sp³-hybridized carbons (Fsp3) is 0.500. The lowest BCUT2D eigenvalue weighted by atomic mass is 10.0. The monoisotopic (exact) mass is 333 g/mol. The SMILES string of the molecule is C.CCn1nnnc1NC(=O)c1ccc(C2CC2)c(SC)c1C. The van der Waals surface area contributed by atoms with Crippen molar-refractivity contribution in [2.75, 3.05) is 11.6 Å². The van der Waals surface area contributed by atoms with Gasteiger partial charge in [0, 0.05) is 17.0 Å². The van der Waals surface area contributed by atoms with Crippen LogP contribution in [-0.2, 0) is 6.54 Å². The Bertz CT molecular complexity index is 708. The highest BCUT2D eigenvalue weighted by Crippen LogP contribution is 2.45. The summed E-state index contributed by atoms with van der Waals surface area (Å²) in [6.45, 7) is 4.54. The fourth-order valence-corrected chi connectivity index (χ4v) is 3.51. The molecule has 1 aromatic heterocycles. The van der Waals surface area contributed by atoms with E-state index in [9.17, 15) is 4.79 Å². The molecule has 0 unspecified atom stereocenters. The van der Waals surface area contributed by atoms with Gasteiger partial charge in [-0.1, -0.05) is 18.6 Å². The number of hydrogen-bond donors (Lipinski definition) is 1. The van der Waals surface area contributed by atoms with E-state index in [2.05, 4.69) is 33.2 Å². The topological polar surface area (TPSA) is 72.7 Å². The Morgan fingerprint density at radius 3 is 2.78 bits per heavy atom. The number of nitrogens with zero attached hydrogens (tertiary/aromatic N) is 4. The molecule has 1 aliphatic rings. The minimum absolute atomic E-state index is 0. The molecule has 1 heterocycles. The van der Waals surface area contributed by atoms with Gasteiger partial charge in [0.15, 0.2) is 0 Å². The van der Waals surface area contributed by atoms with Crippen LogP contribution in [-0.4, -0.2) is 32.4 Å². The first-order valence-corrected chi connectivity index (χ1v) is 8.63. The second kappa shape index (κ2) is 7.12. The molecule has 0 aliphatic heterocycles. The normalized spacial score (nSPS) is 13.5. The molecule has 0 atom stereocenters. The molecule has 0 saturated heterocycles. The summed E-state index contributed by atoms with van der Waals surface area (Å²) in [6.07, 6.45) is 4.57. The van der Waals surface area contributed by atoms with Crippen LogP contribution in [0.15, 0.2) is 17.0 Å². The van der Waals surface area contributed by atoms with Gasteiger partial charge in [0.1, 0.15) is 0 Å². The van der Waals surface area contributed by atoms with Crippen LogP contribution in [0, 0.1) is 6.92 Å². The molecular formula is C16H23N5OS. The summed E-state index contributed by atoms with van der Waals surface area (Å²) < 4.78 is 1.56. The van der Waals surface area contributed by atoms with Crippen molar-refractivity contribution in [1.82, 2.24) is 20.2 Å². The molecule has 0 radical (unpaired) electrons. The lowest BCUT2D eigenvalue weighted by molar-refractivity contribution is 0.102. The number of carbonyl (C=O) groups is 1. The molecule has 1 saturated carbocycles. The van der Waals surface area contributed by atoms with Crippen molar-refractivity contribution >= 4 is 23.6 Å². The van der Waals surface area contributed by atoms with Crippen LogP contribution in [0.3, 0.4) is 0 Å². The number of hydrogen-bond acceptors (Lipinski definition) is 5. The zero-order valence-electron chi connectivity index (χ0n) is 13.0. The Balaban J connectivity index is 0.00000192. The standard InChI is InChI=1S/C15H19N5OS.CH4/c1-4-20-15(17-18-19-20)16-14(21)11-7-8-12(10-5-6-10)13(22-3)9(11)2;/h7-8,10H,4-6H2,1-3H3,(H,16,17,19,21);1H4. The molecule has 6 nitrogen and oxygen atoms in total. The molecule has 3 rings (SSSR count). The van der Waals surface area contributed by atoms with Crippen molar-refractivity contribution in [2.24, 2.45) is 0 Å². The van der Waals surface area contributed by atoms with Crippen LogP contribution in [0.1, 0.15) is 54.6 Å². The number of aryl methyl sites for hydroxylation is 1. The molecule has 1 aliphatic carbocycles. The molecular weight excluding hydrogens is 310 g/mol. The van der Waals surface area contributed by atoms with Gasteiger partial charge in [-0.3, -0.25) is 10.1 Å². The molecule has 0 bridgehead atoms. The number of aromatic nitrogens is 4. The lowest BCUT2D eigenvalue weighted by Crippen LogP contribution is -2.17. The Labute approximate surface area is 141 Å². The quantitative estimate of drug-likeness (QED) is 0.848. The number of nitrogens with one attached hydrogen (secondary N) is 1. The second-order valence-electron chi connectivity index (χ2n) is 5.41. The van der Waals surface area contributed by atoms with Crippen LogP contribution < -0.4 is 5.32 Å². The summed E-state index contributed by atoms with van der Waals surface area (Å²) in [4.78, 5) is 13.8. The third kappa shape index (κ3) is 3.39. The van der Waals surface area contributed by atoms with Gasteiger partial charge in [-0.15, -0.1) is 11.8 Å². The Hall–Kier alpha value is -1.89. The van der Waals surface area contributed by atoms with E-state index in [0.717, 1.165) is 5.56 Å². The number of tetrazole rings is 1. The number of benzene rings is 1. The van der Waals surface area contributed by atoms with E-state index in [-0.39, 0.29) is 13.3 Å². The van der Waals surface area contributed by atoms with Crippen LogP contribution in [0.5, 0.6) is 0 Å². The molecule has 7 heteroatoms. The minimum atomic E-state index is -0.167. The lowest BCUT2D eigenvalue weighted by Gasteiger charge is -2.14. The van der Waals surface area contributed by atoms with Crippen molar-refractivity contribution in [2.45, 2.75) is 51.5 Å². The number of rotatable bonds is 5. The highest BCUT2D eigenvalue weighted by Gasteiger charge is 2.28. The molecule has 2 aromatic rings. The molecule has 0 spiro atoms. The average molecular weight is 333 g/mol. The highest BCUT2D eigenvalue weighted by atomic mass is 32.2. The number of thioether (sulfide) groups is 1. The summed E-state index contributed by atoms with van der Waals surface area (Å²) in [7, 11) is 0.